The summed E-state index contributed by atoms with van der Waals surface area (Å²) in [6.45, 7) is 5.25. The highest BCUT2D eigenvalue weighted by atomic mass is 16.3. The maximum Gasteiger partial charge on any atom is 0.0609 e. The molecule has 0 aromatic heterocycles. The molecule has 0 bridgehead atoms. The summed E-state index contributed by atoms with van der Waals surface area (Å²) in [5.74, 6) is 0. The summed E-state index contributed by atoms with van der Waals surface area (Å²) in [4.78, 5) is 4.76. The maximum absolute atomic E-state index is 9.25. The molecule has 1 saturated carbocycles. The summed E-state index contributed by atoms with van der Waals surface area (Å²) < 4.78 is 0. The zero-order chi connectivity index (χ0) is 14.0. The smallest absolute Gasteiger partial charge is 0.0609 e. The first-order valence-electron chi connectivity index (χ1n) is 7.00. The first kappa shape index (κ1) is 15.9. The molecule has 2 atom stereocenters. The Morgan fingerprint density at radius 2 is 1.89 bits per heavy atom. The van der Waals surface area contributed by atoms with Crippen LogP contribution in [-0.2, 0) is 0 Å². The molecule has 1 fully saturated rings. The van der Waals surface area contributed by atoms with Gasteiger partial charge in [0.1, 0.15) is 0 Å². The van der Waals surface area contributed by atoms with Gasteiger partial charge in [-0.15, -0.1) is 0 Å². The van der Waals surface area contributed by atoms with Gasteiger partial charge in [-0.2, -0.15) is 0 Å². The van der Waals surface area contributed by atoms with Gasteiger partial charge in [0.2, 0.25) is 0 Å². The number of nitrogens with two attached hydrogens (primary N) is 1. The average molecular weight is 257 g/mol. The third kappa shape index (κ3) is 3.67. The van der Waals surface area contributed by atoms with E-state index in [1.54, 1.807) is 0 Å². The first-order chi connectivity index (χ1) is 8.22. The van der Waals surface area contributed by atoms with Gasteiger partial charge >= 0.3 is 0 Å². The maximum atomic E-state index is 9.25. The van der Waals surface area contributed by atoms with Crippen molar-refractivity contribution >= 4 is 0 Å². The van der Waals surface area contributed by atoms with Gasteiger partial charge in [-0.05, 0) is 60.7 Å². The SMILES string of the molecule is CC(CC(C)(N)CO)N(C)CC1(N(C)C)CCC1. The van der Waals surface area contributed by atoms with Gasteiger partial charge in [-0.1, -0.05) is 0 Å². The summed E-state index contributed by atoms with van der Waals surface area (Å²) in [7, 11) is 6.53. The van der Waals surface area contributed by atoms with Gasteiger partial charge in [0.05, 0.1) is 6.61 Å². The summed E-state index contributed by atoms with van der Waals surface area (Å²) in [6, 6.07) is 0.393. The number of aliphatic hydroxyl groups is 1. The lowest BCUT2D eigenvalue weighted by Gasteiger charge is -2.50. The van der Waals surface area contributed by atoms with Crippen LogP contribution in [0.1, 0.15) is 39.5 Å². The molecule has 0 saturated heterocycles. The van der Waals surface area contributed by atoms with E-state index in [2.05, 4.69) is 37.9 Å². The molecule has 1 rings (SSSR count). The van der Waals surface area contributed by atoms with E-state index in [1.165, 1.54) is 19.3 Å². The Hall–Kier alpha value is -0.160. The van der Waals surface area contributed by atoms with Gasteiger partial charge in [0.25, 0.3) is 0 Å². The minimum atomic E-state index is -0.474. The van der Waals surface area contributed by atoms with Gasteiger partial charge < -0.3 is 20.6 Å². The van der Waals surface area contributed by atoms with Crippen molar-refractivity contribution in [1.82, 2.24) is 9.80 Å². The Balaban J connectivity index is 2.51. The standard InChI is InChI=1S/C14H31N3O/c1-12(9-13(2,15)11-18)17(5)10-14(16(3)4)7-6-8-14/h12,18H,6-11,15H2,1-5H3. The van der Waals surface area contributed by atoms with E-state index in [0.717, 1.165) is 13.0 Å². The Bertz CT molecular complexity index is 262. The monoisotopic (exact) mass is 257 g/mol. The number of rotatable bonds is 7. The van der Waals surface area contributed by atoms with E-state index >= 15 is 0 Å². The van der Waals surface area contributed by atoms with E-state index in [4.69, 9.17) is 5.73 Å². The topological polar surface area (TPSA) is 52.7 Å². The molecular formula is C14H31N3O. The van der Waals surface area contributed by atoms with Crippen LogP contribution in [0.2, 0.25) is 0 Å². The lowest BCUT2D eigenvalue weighted by Crippen LogP contribution is -2.58. The predicted octanol–water partition coefficient (Wildman–Crippen LogP) is 0.891. The Morgan fingerprint density at radius 1 is 1.33 bits per heavy atom. The van der Waals surface area contributed by atoms with Crippen molar-refractivity contribution in [2.45, 2.75) is 56.7 Å². The van der Waals surface area contributed by atoms with Gasteiger partial charge in [0.15, 0.2) is 0 Å². The Kier molecular flexibility index (Phi) is 5.18. The van der Waals surface area contributed by atoms with Crippen molar-refractivity contribution in [3.05, 3.63) is 0 Å². The highest BCUT2D eigenvalue weighted by Gasteiger charge is 2.40. The summed E-state index contributed by atoms with van der Waals surface area (Å²) in [6.07, 6.45) is 4.74. The van der Waals surface area contributed by atoms with E-state index < -0.39 is 5.54 Å². The van der Waals surface area contributed by atoms with Crippen molar-refractivity contribution in [1.29, 1.82) is 0 Å². The van der Waals surface area contributed by atoms with Crippen LogP contribution in [0.4, 0.5) is 0 Å². The molecular weight excluding hydrogens is 226 g/mol. The van der Waals surface area contributed by atoms with E-state index in [1.807, 2.05) is 6.92 Å². The molecule has 4 heteroatoms. The second-order valence-electron chi connectivity index (χ2n) is 6.75. The third-order valence-electron chi connectivity index (χ3n) is 4.65. The quantitative estimate of drug-likeness (QED) is 0.711. The molecule has 0 radical (unpaired) electrons. The summed E-state index contributed by atoms with van der Waals surface area (Å²) in [5, 5.41) is 9.25. The number of nitrogens with zero attached hydrogens (tertiary/aromatic N) is 2. The lowest BCUT2D eigenvalue weighted by molar-refractivity contribution is 0.0133. The number of aliphatic hydroxyl groups excluding tert-OH is 1. The van der Waals surface area contributed by atoms with Crippen molar-refractivity contribution in [3.8, 4) is 0 Å². The van der Waals surface area contributed by atoms with Crippen LogP contribution in [0.3, 0.4) is 0 Å². The normalized spacial score (nSPS) is 23.8. The summed E-state index contributed by atoms with van der Waals surface area (Å²) >= 11 is 0. The van der Waals surface area contributed by atoms with Crippen molar-refractivity contribution in [3.63, 3.8) is 0 Å². The molecule has 0 aromatic rings. The molecule has 1 aliphatic rings. The van der Waals surface area contributed by atoms with Crippen LogP contribution in [0, 0.1) is 0 Å². The fourth-order valence-corrected chi connectivity index (χ4v) is 2.85. The molecule has 0 aromatic carbocycles. The molecule has 0 amide bonds. The van der Waals surface area contributed by atoms with Gasteiger partial charge in [-0.3, -0.25) is 0 Å². The zero-order valence-electron chi connectivity index (χ0n) is 12.7. The largest absolute Gasteiger partial charge is 0.394 e. The second kappa shape index (κ2) is 5.87. The van der Waals surface area contributed by atoms with Crippen LogP contribution < -0.4 is 5.73 Å². The fourth-order valence-electron chi connectivity index (χ4n) is 2.85. The minimum Gasteiger partial charge on any atom is -0.394 e. The van der Waals surface area contributed by atoms with E-state index in [-0.39, 0.29) is 6.61 Å². The van der Waals surface area contributed by atoms with Crippen molar-refractivity contribution < 1.29 is 5.11 Å². The van der Waals surface area contributed by atoms with Gasteiger partial charge in [-0.25, -0.2) is 0 Å². The number of likely N-dealkylation sites (N-methyl/N-ethyl adjacent to an activating group) is 2. The molecule has 1 aliphatic carbocycles. The van der Waals surface area contributed by atoms with Crippen LogP contribution in [0.15, 0.2) is 0 Å². The lowest BCUT2D eigenvalue weighted by atomic mass is 9.75. The minimum absolute atomic E-state index is 0.0456. The predicted molar refractivity (Wildman–Crippen MR) is 76.7 cm³/mol. The molecule has 4 nitrogen and oxygen atoms in total. The van der Waals surface area contributed by atoms with Crippen LogP contribution in [-0.4, -0.2) is 66.3 Å². The van der Waals surface area contributed by atoms with Crippen molar-refractivity contribution in [2.75, 3.05) is 34.3 Å². The third-order valence-corrected chi connectivity index (χ3v) is 4.65. The van der Waals surface area contributed by atoms with Crippen LogP contribution in [0.25, 0.3) is 0 Å². The zero-order valence-corrected chi connectivity index (χ0v) is 12.7. The first-order valence-corrected chi connectivity index (χ1v) is 7.00. The fraction of sp³-hybridized carbons (Fsp3) is 1.00. The highest BCUT2D eigenvalue weighted by Crippen LogP contribution is 2.37. The van der Waals surface area contributed by atoms with E-state index in [9.17, 15) is 5.11 Å². The van der Waals surface area contributed by atoms with Gasteiger partial charge in [0, 0.05) is 23.7 Å². The molecule has 0 aliphatic heterocycles. The molecule has 2 unspecified atom stereocenters. The summed E-state index contributed by atoms with van der Waals surface area (Å²) in [5.41, 5.74) is 5.92. The molecule has 0 heterocycles. The number of hydrogen-bond acceptors (Lipinski definition) is 4. The van der Waals surface area contributed by atoms with E-state index in [0.29, 0.717) is 11.6 Å². The molecule has 18 heavy (non-hydrogen) atoms. The molecule has 3 N–H and O–H groups in total. The average Bonchev–Trinajstić information content (AvgIpc) is 2.21. The second-order valence-corrected chi connectivity index (χ2v) is 6.75. The molecule has 0 spiro atoms. The Morgan fingerprint density at radius 3 is 2.22 bits per heavy atom. The highest BCUT2D eigenvalue weighted by molar-refractivity contribution is 4.98. The van der Waals surface area contributed by atoms with Crippen LogP contribution >= 0.6 is 0 Å². The molecule has 108 valence electrons. The number of hydrogen-bond donors (Lipinski definition) is 2. The Labute approximate surface area is 112 Å². The van der Waals surface area contributed by atoms with Crippen LogP contribution in [0.5, 0.6) is 0 Å². The van der Waals surface area contributed by atoms with Crippen molar-refractivity contribution in [2.24, 2.45) is 5.73 Å².